The molecule has 0 radical (unpaired) electrons. The van der Waals surface area contributed by atoms with E-state index in [4.69, 9.17) is 0 Å². The lowest BCUT2D eigenvalue weighted by Crippen LogP contribution is -2.14. The normalized spacial score (nSPS) is 10.8. The molecule has 4 aromatic rings. The standard InChI is InChI=1S/C21H15FN2OS/c22-17-8-5-15(6-9-17)21-24-19(13-26-21)12-20(25)23-18-10-7-14-3-1-2-4-16(14)11-18/h1-11,13H,12H2,(H,23,25). The molecule has 0 spiro atoms. The van der Waals surface area contributed by atoms with Crippen LogP contribution in [0.15, 0.2) is 72.1 Å². The van der Waals surface area contributed by atoms with Crippen LogP contribution in [-0.4, -0.2) is 10.9 Å². The second kappa shape index (κ2) is 7.06. The largest absolute Gasteiger partial charge is 0.326 e. The van der Waals surface area contributed by atoms with Crippen LogP contribution in [0, 0.1) is 5.82 Å². The van der Waals surface area contributed by atoms with Crippen molar-refractivity contribution in [3.8, 4) is 10.6 Å². The number of hydrogen-bond donors (Lipinski definition) is 1. The van der Waals surface area contributed by atoms with Crippen LogP contribution < -0.4 is 5.32 Å². The van der Waals surface area contributed by atoms with Gasteiger partial charge >= 0.3 is 0 Å². The Balaban J connectivity index is 1.45. The maximum absolute atomic E-state index is 13.0. The number of hydrogen-bond acceptors (Lipinski definition) is 3. The average Bonchev–Trinajstić information content (AvgIpc) is 3.10. The molecule has 0 atom stereocenters. The molecule has 0 unspecified atom stereocenters. The smallest absolute Gasteiger partial charge is 0.230 e. The Bertz CT molecular complexity index is 1070. The van der Waals surface area contributed by atoms with Crippen molar-refractivity contribution >= 4 is 33.7 Å². The number of nitrogens with one attached hydrogen (secondary N) is 1. The molecular formula is C21H15FN2OS. The number of aromatic nitrogens is 1. The highest BCUT2D eigenvalue weighted by atomic mass is 32.1. The summed E-state index contributed by atoms with van der Waals surface area (Å²) in [5.41, 5.74) is 2.31. The molecule has 4 rings (SSSR count). The van der Waals surface area contributed by atoms with Crippen LogP contribution in [-0.2, 0) is 11.2 Å². The molecule has 0 aliphatic carbocycles. The summed E-state index contributed by atoms with van der Waals surface area (Å²) >= 11 is 1.45. The minimum Gasteiger partial charge on any atom is -0.326 e. The first kappa shape index (κ1) is 16.4. The van der Waals surface area contributed by atoms with Gasteiger partial charge in [-0.1, -0.05) is 30.3 Å². The second-order valence-electron chi connectivity index (χ2n) is 5.94. The van der Waals surface area contributed by atoms with Gasteiger partial charge in [-0.15, -0.1) is 11.3 Å². The van der Waals surface area contributed by atoms with Crippen molar-refractivity contribution in [3.63, 3.8) is 0 Å². The van der Waals surface area contributed by atoms with Crippen molar-refractivity contribution in [2.45, 2.75) is 6.42 Å². The monoisotopic (exact) mass is 362 g/mol. The zero-order valence-corrected chi connectivity index (χ0v) is 14.6. The van der Waals surface area contributed by atoms with Gasteiger partial charge in [0.2, 0.25) is 5.91 Å². The van der Waals surface area contributed by atoms with Gasteiger partial charge in [-0.2, -0.15) is 0 Å². The number of anilines is 1. The number of thiazole rings is 1. The molecule has 0 saturated carbocycles. The maximum atomic E-state index is 13.0. The molecule has 26 heavy (non-hydrogen) atoms. The van der Waals surface area contributed by atoms with Crippen LogP contribution in [0.2, 0.25) is 0 Å². The number of halogens is 1. The summed E-state index contributed by atoms with van der Waals surface area (Å²) in [7, 11) is 0. The quantitative estimate of drug-likeness (QED) is 0.536. The third kappa shape index (κ3) is 3.63. The predicted molar refractivity (Wildman–Crippen MR) is 104 cm³/mol. The summed E-state index contributed by atoms with van der Waals surface area (Å²) in [5, 5.41) is 7.77. The fraction of sp³-hybridized carbons (Fsp3) is 0.0476. The molecule has 1 aromatic heterocycles. The second-order valence-corrected chi connectivity index (χ2v) is 6.80. The molecule has 0 aliphatic heterocycles. The average molecular weight is 362 g/mol. The fourth-order valence-corrected chi connectivity index (χ4v) is 3.58. The molecule has 3 aromatic carbocycles. The SMILES string of the molecule is O=C(Cc1csc(-c2ccc(F)cc2)n1)Nc1ccc2ccccc2c1. The molecule has 0 bridgehead atoms. The van der Waals surface area contributed by atoms with Crippen LogP contribution in [0.4, 0.5) is 10.1 Å². The Morgan fingerprint density at radius 1 is 1.00 bits per heavy atom. The van der Waals surface area contributed by atoms with Gasteiger partial charge in [-0.05, 0) is 47.2 Å². The fourth-order valence-electron chi connectivity index (χ4n) is 2.75. The van der Waals surface area contributed by atoms with Gasteiger partial charge in [0.15, 0.2) is 0 Å². The highest BCUT2D eigenvalue weighted by Gasteiger charge is 2.10. The molecule has 1 heterocycles. The predicted octanol–water partition coefficient (Wildman–Crippen LogP) is 5.28. The lowest BCUT2D eigenvalue weighted by atomic mass is 10.1. The van der Waals surface area contributed by atoms with Gasteiger partial charge in [0.1, 0.15) is 10.8 Å². The molecule has 1 amide bonds. The maximum Gasteiger partial charge on any atom is 0.230 e. The Morgan fingerprint density at radius 2 is 1.77 bits per heavy atom. The van der Waals surface area contributed by atoms with E-state index in [-0.39, 0.29) is 18.1 Å². The minimum absolute atomic E-state index is 0.115. The van der Waals surface area contributed by atoms with E-state index in [1.165, 1.54) is 23.5 Å². The molecular weight excluding hydrogens is 347 g/mol. The Hall–Kier alpha value is -3.05. The van der Waals surface area contributed by atoms with E-state index in [2.05, 4.69) is 10.3 Å². The Labute approximate surface area is 154 Å². The third-order valence-electron chi connectivity index (χ3n) is 4.02. The molecule has 0 saturated heterocycles. The number of nitrogens with zero attached hydrogens (tertiary/aromatic N) is 1. The Morgan fingerprint density at radius 3 is 2.58 bits per heavy atom. The summed E-state index contributed by atoms with van der Waals surface area (Å²) in [6.45, 7) is 0. The minimum atomic E-state index is -0.278. The number of benzene rings is 3. The topological polar surface area (TPSA) is 42.0 Å². The number of carbonyl (C=O) groups is 1. The molecule has 5 heteroatoms. The highest BCUT2D eigenvalue weighted by molar-refractivity contribution is 7.13. The highest BCUT2D eigenvalue weighted by Crippen LogP contribution is 2.24. The van der Waals surface area contributed by atoms with Gasteiger partial charge in [0.25, 0.3) is 0 Å². The van der Waals surface area contributed by atoms with Crippen molar-refractivity contribution in [3.05, 3.63) is 83.6 Å². The van der Waals surface area contributed by atoms with Crippen LogP contribution in [0.3, 0.4) is 0 Å². The van der Waals surface area contributed by atoms with E-state index < -0.39 is 0 Å². The van der Waals surface area contributed by atoms with Crippen molar-refractivity contribution in [1.29, 1.82) is 0 Å². The number of amides is 1. The Kier molecular flexibility index (Phi) is 4.46. The lowest BCUT2D eigenvalue weighted by Gasteiger charge is -2.05. The van der Waals surface area contributed by atoms with Crippen LogP contribution in [0.25, 0.3) is 21.3 Å². The summed E-state index contributed by atoms with van der Waals surface area (Å²) < 4.78 is 13.0. The van der Waals surface area contributed by atoms with Crippen molar-refractivity contribution < 1.29 is 9.18 Å². The lowest BCUT2D eigenvalue weighted by molar-refractivity contribution is -0.115. The van der Waals surface area contributed by atoms with E-state index in [0.717, 1.165) is 27.0 Å². The third-order valence-corrected chi connectivity index (χ3v) is 4.96. The van der Waals surface area contributed by atoms with Gasteiger partial charge in [-0.25, -0.2) is 9.37 Å². The van der Waals surface area contributed by atoms with Gasteiger partial charge in [0.05, 0.1) is 12.1 Å². The molecule has 0 fully saturated rings. The van der Waals surface area contributed by atoms with E-state index in [1.807, 2.05) is 47.8 Å². The first-order valence-electron chi connectivity index (χ1n) is 8.16. The van der Waals surface area contributed by atoms with E-state index in [1.54, 1.807) is 12.1 Å². The summed E-state index contributed by atoms with van der Waals surface area (Å²) in [4.78, 5) is 16.8. The van der Waals surface area contributed by atoms with E-state index in [0.29, 0.717) is 5.69 Å². The van der Waals surface area contributed by atoms with Crippen LogP contribution >= 0.6 is 11.3 Å². The van der Waals surface area contributed by atoms with Gasteiger partial charge in [0, 0.05) is 16.6 Å². The number of fused-ring (bicyclic) bond motifs is 1. The summed E-state index contributed by atoms with van der Waals surface area (Å²) in [6.07, 6.45) is 0.199. The van der Waals surface area contributed by atoms with Gasteiger partial charge in [-0.3, -0.25) is 4.79 Å². The van der Waals surface area contributed by atoms with Crippen molar-refractivity contribution in [2.75, 3.05) is 5.32 Å². The van der Waals surface area contributed by atoms with E-state index in [9.17, 15) is 9.18 Å². The van der Waals surface area contributed by atoms with Gasteiger partial charge < -0.3 is 5.32 Å². The number of rotatable bonds is 4. The first-order valence-corrected chi connectivity index (χ1v) is 9.04. The van der Waals surface area contributed by atoms with Crippen molar-refractivity contribution in [1.82, 2.24) is 4.98 Å². The molecule has 128 valence electrons. The van der Waals surface area contributed by atoms with Crippen molar-refractivity contribution in [2.24, 2.45) is 0 Å². The zero-order chi connectivity index (χ0) is 17.9. The zero-order valence-electron chi connectivity index (χ0n) is 13.8. The first-order chi connectivity index (χ1) is 12.7. The van der Waals surface area contributed by atoms with E-state index >= 15 is 0 Å². The summed E-state index contributed by atoms with van der Waals surface area (Å²) in [6, 6.07) is 20.0. The molecule has 1 N–H and O–H groups in total. The molecule has 0 aliphatic rings. The van der Waals surface area contributed by atoms with Crippen LogP contribution in [0.5, 0.6) is 0 Å². The summed E-state index contributed by atoms with van der Waals surface area (Å²) in [5.74, 6) is -0.392. The molecule has 3 nitrogen and oxygen atoms in total. The van der Waals surface area contributed by atoms with Crippen LogP contribution in [0.1, 0.15) is 5.69 Å². The number of carbonyl (C=O) groups excluding carboxylic acids is 1.